The van der Waals surface area contributed by atoms with Crippen molar-refractivity contribution in [3.63, 3.8) is 0 Å². The number of carbonyl (C=O) groups is 1. The summed E-state index contributed by atoms with van der Waals surface area (Å²) < 4.78 is 19.3. The number of nitrogens with zero attached hydrogens (tertiary/aromatic N) is 3. The summed E-state index contributed by atoms with van der Waals surface area (Å²) in [4.78, 5) is 22.5. The van der Waals surface area contributed by atoms with Gasteiger partial charge in [0.05, 0.1) is 6.20 Å². The van der Waals surface area contributed by atoms with Crippen LogP contribution in [0.2, 0.25) is 0 Å². The van der Waals surface area contributed by atoms with Gasteiger partial charge in [0.15, 0.2) is 5.82 Å². The Hall–Kier alpha value is -3.33. The summed E-state index contributed by atoms with van der Waals surface area (Å²) in [6.45, 7) is 2.52. The number of rotatable bonds is 6. The lowest BCUT2D eigenvalue weighted by molar-refractivity contribution is -0.117. The molecular weight excluding hydrogens is 417 g/mol. The van der Waals surface area contributed by atoms with Gasteiger partial charge >= 0.3 is 0 Å². The highest BCUT2D eigenvalue weighted by molar-refractivity contribution is 7.59. The van der Waals surface area contributed by atoms with Crippen molar-refractivity contribution in [2.24, 2.45) is 0 Å². The first-order chi connectivity index (χ1) is 14.5. The lowest BCUT2D eigenvalue weighted by Crippen LogP contribution is -2.44. The van der Waals surface area contributed by atoms with Crippen LogP contribution in [0, 0.1) is 5.82 Å². The van der Waals surface area contributed by atoms with Gasteiger partial charge in [-0.1, -0.05) is 30.3 Å². The van der Waals surface area contributed by atoms with E-state index in [1.807, 2.05) is 43.1 Å². The van der Waals surface area contributed by atoms with E-state index in [1.54, 1.807) is 24.4 Å². The minimum atomic E-state index is -0.294. The van der Waals surface area contributed by atoms with Crippen molar-refractivity contribution in [1.29, 1.82) is 0 Å². The Labute approximate surface area is 187 Å². The number of likely N-dealkylation sites (N-methyl/N-ethyl adjacent to an activating group) is 1. The molecule has 2 heterocycles. The Morgan fingerprint density at radius 1 is 1.19 bits per heavy atom. The van der Waals surface area contributed by atoms with Gasteiger partial charge in [0, 0.05) is 19.2 Å². The topological polar surface area (TPSA) is 79.4 Å². The number of ether oxygens (including phenoxy) is 1. The van der Waals surface area contributed by atoms with Crippen molar-refractivity contribution in [2.75, 3.05) is 22.6 Å². The first-order valence-electron chi connectivity index (χ1n) is 9.61. The molecule has 1 aliphatic rings. The molecule has 162 valence electrons. The summed E-state index contributed by atoms with van der Waals surface area (Å²) >= 11 is 0. The van der Waals surface area contributed by atoms with E-state index >= 15 is 0 Å². The summed E-state index contributed by atoms with van der Waals surface area (Å²) in [6.07, 6.45) is 1.60. The maximum atomic E-state index is 13.7. The molecule has 2 N–H and O–H groups in total. The van der Waals surface area contributed by atoms with E-state index in [9.17, 15) is 9.18 Å². The lowest BCUT2D eigenvalue weighted by atomic mass is 10.2. The zero-order chi connectivity index (χ0) is 21.1. The summed E-state index contributed by atoms with van der Waals surface area (Å²) in [7, 11) is 1.83. The molecule has 1 aromatic heterocycles. The number of nitrogens with one attached hydrogen (secondary N) is 2. The first kappa shape index (κ1) is 22.4. The van der Waals surface area contributed by atoms with Crippen molar-refractivity contribution < 1.29 is 13.9 Å². The van der Waals surface area contributed by atoms with Crippen molar-refractivity contribution in [3.8, 4) is 5.75 Å². The smallest absolute Gasteiger partial charge is 0.246 e. The number of fused-ring (bicyclic) bond motifs is 1. The first-order valence-corrected chi connectivity index (χ1v) is 9.61. The number of benzene rings is 2. The van der Waals surface area contributed by atoms with Crippen LogP contribution in [0.4, 0.5) is 21.8 Å². The average Bonchev–Trinajstić information content (AvgIpc) is 2.76. The highest BCUT2D eigenvalue weighted by Gasteiger charge is 2.28. The van der Waals surface area contributed by atoms with E-state index in [0.717, 1.165) is 5.56 Å². The Morgan fingerprint density at radius 3 is 2.68 bits per heavy atom. The number of hydrogen-bond donors (Lipinski definition) is 2. The largest absolute Gasteiger partial charge is 0.489 e. The van der Waals surface area contributed by atoms with Gasteiger partial charge < -0.3 is 20.3 Å². The van der Waals surface area contributed by atoms with E-state index in [4.69, 9.17) is 4.74 Å². The van der Waals surface area contributed by atoms with Gasteiger partial charge in [-0.25, -0.2) is 9.37 Å². The van der Waals surface area contributed by atoms with E-state index in [1.165, 1.54) is 6.07 Å². The summed E-state index contributed by atoms with van der Waals surface area (Å²) in [5.41, 5.74) is 2.13. The molecular formula is C22H24FN5O2S. The molecule has 3 aromatic rings. The second kappa shape index (κ2) is 9.65. The van der Waals surface area contributed by atoms with Gasteiger partial charge in [-0.05, 0) is 30.7 Å². The maximum Gasteiger partial charge on any atom is 0.246 e. The van der Waals surface area contributed by atoms with E-state index in [0.29, 0.717) is 35.3 Å². The molecule has 4 rings (SSSR count). The van der Waals surface area contributed by atoms with Gasteiger partial charge in [0.1, 0.15) is 29.9 Å². The second-order valence-electron chi connectivity index (χ2n) is 7.08. The predicted octanol–water partition coefficient (Wildman–Crippen LogP) is 3.70. The number of amides is 1. The van der Waals surface area contributed by atoms with Crippen LogP contribution in [0.1, 0.15) is 18.1 Å². The van der Waals surface area contributed by atoms with Gasteiger partial charge in [-0.2, -0.15) is 18.5 Å². The quantitative estimate of drug-likeness (QED) is 0.607. The van der Waals surface area contributed by atoms with Crippen LogP contribution in [-0.2, 0) is 17.9 Å². The zero-order valence-electron chi connectivity index (χ0n) is 17.2. The van der Waals surface area contributed by atoms with Crippen LogP contribution < -0.4 is 20.3 Å². The van der Waals surface area contributed by atoms with Crippen LogP contribution in [0.15, 0.2) is 54.7 Å². The molecule has 0 saturated carbocycles. The maximum absolute atomic E-state index is 13.7. The van der Waals surface area contributed by atoms with Gasteiger partial charge in [0.25, 0.3) is 0 Å². The molecule has 0 spiro atoms. The minimum Gasteiger partial charge on any atom is -0.489 e. The fourth-order valence-electron chi connectivity index (χ4n) is 3.07. The third-order valence-electron chi connectivity index (χ3n) is 5.05. The third kappa shape index (κ3) is 5.05. The predicted molar refractivity (Wildman–Crippen MR) is 123 cm³/mol. The third-order valence-corrected chi connectivity index (χ3v) is 5.05. The SMILES string of the molecule is C[C@H]1C(=O)Nc2cnc(NCc3ccc(OCc4ccccc4F)cc3)nc2N1C.S. The van der Waals surface area contributed by atoms with Crippen molar-refractivity contribution in [3.05, 3.63) is 71.7 Å². The monoisotopic (exact) mass is 441 g/mol. The molecule has 0 radical (unpaired) electrons. The van der Waals surface area contributed by atoms with Gasteiger partial charge in [-0.15, -0.1) is 0 Å². The summed E-state index contributed by atoms with van der Waals surface area (Å²) in [5, 5.41) is 5.99. The Kier molecular flexibility index (Phi) is 6.96. The van der Waals surface area contributed by atoms with Gasteiger partial charge in [-0.3, -0.25) is 4.79 Å². The standard InChI is InChI=1S/C22H22FN5O2.H2S/c1-14-21(29)26-19-12-25-22(27-20(19)28(14)2)24-11-15-7-9-17(10-8-15)30-13-16-5-3-4-6-18(16)23;/h3-10,12,14H,11,13H2,1-2H3,(H,26,29)(H,24,25,27);1H2/t14-;/m0./s1. The molecule has 0 fully saturated rings. The summed E-state index contributed by atoms with van der Waals surface area (Å²) in [6, 6.07) is 13.8. The average molecular weight is 442 g/mol. The molecule has 1 aliphatic heterocycles. The zero-order valence-corrected chi connectivity index (χ0v) is 18.2. The molecule has 1 amide bonds. The number of carbonyl (C=O) groups excluding carboxylic acids is 1. The van der Waals surface area contributed by atoms with Crippen molar-refractivity contribution >= 4 is 36.9 Å². The van der Waals surface area contributed by atoms with Crippen LogP contribution in [-0.4, -0.2) is 29.0 Å². The van der Waals surface area contributed by atoms with Crippen LogP contribution in [0.25, 0.3) is 0 Å². The molecule has 0 saturated heterocycles. The summed E-state index contributed by atoms with van der Waals surface area (Å²) in [5.74, 6) is 1.47. The molecule has 0 bridgehead atoms. The molecule has 1 atom stereocenters. The highest BCUT2D eigenvalue weighted by atomic mass is 32.1. The Balaban J connectivity index is 0.00000272. The van der Waals surface area contributed by atoms with Gasteiger partial charge in [0.2, 0.25) is 11.9 Å². The van der Waals surface area contributed by atoms with E-state index < -0.39 is 0 Å². The highest BCUT2D eigenvalue weighted by Crippen LogP contribution is 2.29. The van der Waals surface area contributed by atoms with Crippen LogP contribution in [0.3, 0.4) is 0 Å². The number of aromatic nitrogens is 2. The molecule has 2 aromatic carbocycles. The fraction of sp³-hybridized carbons (Fsp3) is 0.227. The molecule has 31 heavy (non-hydrogen) atoms. The Morgan fingerprint density at radius 2 is 1.94 bits per heavy atom. The van der Waals surface area contributed by atoms with E-state index in [-0.39, 0.29) is 37.9 Å². The van der Waals surface area contributed by atoms with Crippen molar-refractivity contribution in [1.82, 2.24) is 9.97 Å². The molecule has 0 unspecified atom stereocenters. The lowest BCUT2D eigenvalue weighted by Gasteiger charge is -2.31. The number of halogens is 1. The van der Waals surface area contributed by atoms with Crippen LogP contribution in [0.5, 0.6) is 5.75 Å². The van der Waals surface area contributed by atoms with Crippen LogP contribution >= 0.6 is 13.5 Å². The fourth-order valence-corrected chi connectivity index (χ4v) is 3.07. The molecule has 7 nitrogen and oxygen atoms in total. The Bertz CT molecular complexity index is 1060. The molecule has 0 aliphatic carbocycles. The van der Waals surface area contributed by atoms with E-state index in [2.05, 4.69) is 20.6 Å². The minimum absolute atomic E-state index is 0. The number of anilines is 3. The normalized spacial score (nSPS) is 14.9. The van der Waals surface area contributed by atoms with Crippen molar-refractivity contribution in [2.45, 2.75) is 26.1 Å². The molecule has 9 heteroatoms. The number of hydrogen-bond acceptors (Lipinski definition) is 6. The second-order valence-corrected chi connectivity index (χ2v) is 7.08.